The maximum absolute atomic E-state index is 15.6. The number of likely N-dealkylation sites (tertiary alicyclic amines) is 1. The van der Waals surface area contributed by atoms with Crippen LogP contribution in [0.25, 0.3) is 22.2 Å². The number of aromatic amines is 1. The lowest BCUT2D eigenvalue weighted by atomic mass is 9.89. The Labute approximate surface area is 384 Å². The van der Waals surface area contributed by atoms with Gasteiger partial charge in [-0.25, -0.2) is 18.7 Å². The van der Waals surface area contributed by atoms with Gasteiger partial charge < -0.3 is 24.7 Å². The molecule has 2 aromatic carbocycles. The molecule has 0 radical (unpaired) electrons. The number of ether oxygens (including phenoxy) is 2. The molecule has 6 heterocycles. The second-order valence-corrected chi connectivity index (χ2v) is 18.4. The van der Waals surface area contributed by atoms with E-state index in [1.807, 2.05) is 41.3 Å². The first-order valence-electron chi connectivity index (χ1n) is 21.9. The summed E-state index contributed by atoms with van der Waals surface area (Å²) in [6.07, 6.45) is 5.98. The average Bonchev–Trinajstić information content (AvgIpc) is 3.76. The van der Waals surface area contributed by atoms with E-state index in [-0.39, 0.29) is 42.3 Å². The Morgan fingerprint density at radius 1 is 0.955 bits per heavy atom. The van der Waals surface area contributed by atoms with Crippen LogP contribution in [0.3, 0.4) is 0 Å². The second-order valence-electron chi connectivity index (χ2n) is 16.7. The van der Waals surface area contributed by atoms with Gasteiger partial charge in [0.2, 0.25) is 17.9 Å². The summed E-state index contributed by atoms with van der Waals surface area (Å²) in [7, 11) is -2.88. The number of amides is 3. The topological polar surface area (TPSA) is 225 Å². The van der Waals surface area contributed by atoms with Crippen LogP contribution in [-0.2, 0) is 34.1 Å². The van der Waals surface area contributed by atoms with Crippen molar-refractivity contribution in [3.63, 3.8) is 0 Å². The average molecular weight is 942 g/mol. The van der Waals surface area contributed by atoms with Gasteiger partial charge in [0, 0.05) is 99.3 Å². The number of imide groups is 1. The normalized spacial score (nSPS) is 18.1. The fraction of sp³-hybridized carbons (Fsp3) is 0.370. The van der Waals surface area contributed by atoms with Gasteiger partial charge in [-0.1, -0.05) is 19.1 Å². The van der Waals surface area contributed by atoms with E-state index < -0.39 is 57.1 Å². The van der Waals surface area contributed by atoms with Crippen LogP contribution in [0.5, 0.6) is 5.75 Å². The second kappa shape index (κ2) is 19.9. The fourth-order valence-corrected chi connectivity index (χ4v) is 9.51. The third-order valence-electron chi connectivity index (χ3n) is 12.5. The predicted molar refractivity (Wildman–Crippen MR) is 241 cm³/mol. The number of benzene rings is 2. The molecule has 0 spiro atoms. The molecule has 3 amide bonds. The summed E-state index contributed by atoms with van der Waals surface area (Å²) < 4.78 is 70.0. The molecule has 4 N–H and O–H groups in total. The van der Waals surface area contributed by atoms with Crippen LogP contribution in [-0.4, -0.2) is 121 Å². The van der Waals surface area contributed by atoms with E-state index >= 15 is 8.78 Å². The van der Waals surface area contributed by atoms with E-state index in [4.69, 9.17) is 9.47 Å². The molecule has 3 aliphatic rings. The standard InChI is InChI=1S/C46H49F2N9O9S/c1-3-55(2)67(63,64)54-36-10-9-35(47)40(41(36)48)42(60)34-25-51-43-33(34)22-30(24-50-43)29-6-12-38(49-23-29)56-20-16-31(17-21-56)52-45(62)46(65-26-58)57-18-14-28(15-19-57)27-4-7-32(8-5-27)66-37-11-13-39(59)53-44(37)61/h4-10,12,22-26,28,31,37,46,54H,3,11,13-21H2,1-2H3,(H,50,51)(H,52,62)(H,53,59,61). The van der Waals surface area contributed by atoms with Gasteiger partial charge in [0.15, 0.2) is 11.9 Å². The number of piperidine rings is 3. The number of pyridine rings is 2. The molecule has 0 bridgehead atoms. The van der Waals surface area contributed by atoms with Crippen LogP contribution in [0.1, 0.15) is 72.9 Å². The molecular weight excluding hydrogens is 893 g/mol. The van der Waals surface area contributed by atoms with Gasteiger partial charge in [-0.3, -0.25) is 38.9 Å². The summed E-state index contributed by atoms with van der Waals surface area (Å²) in [5, 5.41) is 5.66. The molecule has 18 nitrogen and oxygen atoms in total. The Kier molecular flexibility index (Phi) is 13.9. The zero-order valence-corrected chi connectivity index (χ0v) is 37.5. The molecule has 67 heavy (non-hydrogen) atoms. The number of hydrogen-bond acceptors (Lipinski definition) is 13. The summed E-state index contributed by atoms with van der Waals surface area (Å²) in [4.78, 5) is 78.2. The molecule has 0 saturated carbocycles. The highest BCUT2D eigenvalue weighted by Gasteiger charge is 2.34. The highest BCUT2D eigenvalue weighted by Crippen LogP contribution is 2.33. The maximum atomic E-state index is 15.6. The van der Waals surface area contributed by atoms with E-state index in [1.54, 1.807) is 25.4 Å². The third kappa shape index (κ3) is 10.3. The molecule has 0 aliphatic carbocycles. The van der Waals surface area contributed by atoms with Crippen molar-refractivity contribution in [2.24, 2.45) is 0 Å². The number of hydrogen-bond donors (Lipinski definition) is 4. The van der Waals surface area contributed by atoms with Crippen LogP contribution < -0.4 is 25.0 Å². The molecule has 3 fully saturated rings. The van der Waals surface area contributed by atoms with Crippen LogP contribution in [0.4, 0.5) is 20.3 Å². The zero-order chi connectivity index (χ0) is 47.4. The van der Waals surface area contributed by atoms with Crippen molar-refractivity contribution >= 4 is 62.7 Å². The summed E-state index contributed by atoms with van der Waals surface area (Å²) in [6.45, 7) is 4.21. The highest BCUT2D eigenvalue weighted by molar-refractivity contribution is 7.90. The Morgan fingerprint density at radius 2 is 1.69 bits per heavy atom. The molecule has 2 atom stereocenters. The predicted octanol–water partition coefficient (Wildman–Crippen LogP) is 4.39. The van der Waals surface area contributed by atoms with Crippen molar-refractivity contribution in [3.05, 3.63) is 102 Å². The number of carbonyl (C=O) groups is 5. The molecule has 3 aromatic heterocycles. The molecule has 8 rings (SSSR count). The maximum Gasteiger partial charge on any atom is 0.301 e. The number of fused-ring (bicyclic) bond motifs is 1. The van der Waals surface area contributed by atoms with Gasteiger partial charge in [0.1, 0.15) is 23.0 Å². The summed E-state index contributed by atoms with van der Waals surface area (Å²) in [6, 6.07) is 14.5. The molecule has 5 aromatic rings. The smallest absolute Gasteiger partial charge is 0.301 e. The number of H-pyrrole nitrogens is 1. The van der Waals surface area contributed by atoms with E-state index in [2.05, 4.69) is 35.2 Å². The van der Waals surface area contributed by atoms with E-state index in [1.165, 1.54) is 13.2 Å². The highest BCUT2D eigenvalue weighted by atomic mass is 32.2. The third-order valence-corrected chi connectivity index (χ3v) is 14.1. The minimum Gasteiger partial charge on any atom is -0.481 e. The van der Waals surface area contributed by atoms with E-state index in [0.717, 1.165) is 34.8 Å². The van der Waals surface area contributed by atoms with Crippen molar-refractivity contribution in [2.75, 3.05) is 49.4 Å². The van der Waals surface area contributed by atoms with Crippen molar-refractivity contribution in [1.82, 2.24) is 34.8 Å². The first-order chi connectivity index (χ1) is 32.2. The summed E-state index contributed by atoms with van der Waals surface area (Å²) in [5.41, 5.74) is 1.06. The lowest BCUT2D eigenvalue weighted by molar-refractivity contribution is -0.159. The van der Waals surface area contributed by atoms with Gasteiger partial charge in [-0.2, -0.15) is 12.7 Å². The Bertz CT molecular complexity index is 2780. The fourth-order valence-electron chi connectivity index (χ4n) is 8.58. The number of carbonyl (C=O) groups excluding carboxylic acids is 5. The summed E-state index contributed by atoms with van der Waals surface area (Å²) >= 11 is 0. The number of nitrogens with zero attached hydrogens (tertiary/aromatic N) is 5. The monoisotopic (exact) mass is 941 g/mol. The number of anilines is 2. The first kappa shape index (κ1) is 46.7. The Hall–Kier alpha value is -6.84. The quantitative estimate of drug-likeness (QED) is 0.0613. The number of rotatable bonds is 16. The van der Waals surface area contributed by atoms with Crippen LogP contribution in [0.15, 0.2) is 73.2 Å². The minimum atomic E-state index is -4.16. The van der Waals surface area contributed by atoms with Crippen molar-refractivity contribution in [3.8, 4) is 16.9 Å². The SMILES string of the molecule is CCN(C)S(=O)(=O)Nc1ccc(F)c(C(=O)c2c[nH]c3ncc(-c4ccc(N5CCC(NC(=O)C(OC=O)N6CCC(c7ccc(OC8CCC(=O)NC8=O)cc7)CC6)CC5)nc4)cc23)c1F. The van der Waals surface area contributed by atoms with E-state index in [9.17, 15) is 32.4 Å². The van der Waals surface area contributed by atoms with E-state index in [0.29, 0.717) is 85.6 Å². The minimum absolute atomic E-state index is 0.0682. The Morgan fingerprint density at radius 3 is 2.36 bits per heavy atom. The van der Waals surface area contributed by atoms with Gasteiger partial charge >= 0.3 is 10.2 Å². The van der Waals surface area contributed by atoms with Gasteiger partial charge in [0.05, 0.1) is 11.3 Å². The number of halogens is 2. The number of nitrogens with one attached hydrogen (secondary N) is 4. The lowest BCUT2D eigenvalue weighted by Crippen LogP contribution is -2.54. The molecular formula is C46H49F2N9O9S. The van der Waals surface area contributed by atoms with Crippen LogP contribution in [0.2, 0.25) is 0 Å². The van der Waals surface area contributed by atoms with Crippen LogP contribution >= 0.6 is 0 Å². The number of ketones is 1. The molecule has 3 saturated heterocycles. The lowest BCUT2D eigenvalue weighted by Gasteiger charge is -2.37. The van der Waals surface area contributed by atoms with Gasteiger partial charge in [-0.05, 0) is 79.6 Å². The van der Waals surface area contributed by atoms with Crippen molar-refractivity contribution < 1.29 is 50.6 Å². The van der Waals surface area contributed by atoms with Gasteiger partial charge in [0.25, 0.3) is 18.3 Å². The van der Waals surface area contributed by atoms with Crippen molar-refractivity contribution in [1.29, 1.82) is 0 Å². The zero-order valence-electron chi connectivity index (χ0n) is 36.7. The number of aromatic nitrogens is 3. The molecule has 352 valence electrons. The first-order valence-corrected chi connectivity index (χ1v) is 23.4. The Balaban J connectivity index is 0.844. The molecule has 21 heteroatoms. The molecule has 3 aliphatic heterocycles. The van der Waals surface area contributed by atoms with Gasteiger partial charge in [-0.15, -0.1) is 0 Å². The largest absolute Gasteiger partial charge is 0.481 e. The van der Waals surface area contributed by atoms with Crippen molar-refractivity contribution in [2.45, 2.75) is 69.7 Å². The van der Waals surface area contributed by atoms with Crippen LogP contribution in [0, 0.1) is 11.6 Å². The molecule has 2 unspecified atom stereocenters. The summed E-state index contributed by atoms with van der Waals surface area (Å²) in [5.74, 6) is -3.20.